The van der Waals surface area contributed by atoms with Crippen LogP contribution in [0.25, 0.3) is 22.3 Å². The maximum atomic E-state index is 14.5. The zero-order chi connectivity index (χ0) is 46.2. The number of likely N-dealkylation sites (N-methyl/N-ethyl adjacent to an activating group) is 2. The van der Waals surface area contributed by atoms with Crippen molar-refractivity contribution in [3.05, 3.63) is 93.3 Å². The molecule has 0 fully saturated rings. The largest absolute Gasteiger partial charge is 0.437 e. The number of hydrogen-bond donors (Lipinski definition) is 6. The minimum Gasteiger partial charge on any atom is -0.437 e. The zero-order valence-corrected chi connectivity index (χ0v) is 38.6. The summed E-state index contributed by atoms with van der Waals surface area (Å²) in [6.07, 6.45) is -7.40. The van der Waals surface area contributed by atoms with E-state index in [0.29, 0.717) is 11.1 Å². The van der Waals surface area contributed by atoms with Crippen molar-refractivity contribution in [1.82, 2.24) is 21.3 Å². The Morgan fingerprint density at radius 2 is 1.02 bits per heavy atom. The Morgan fingerprint density at radius 3 is 1.40 bits per heavy atom. The van der Waals surface area contributed by atoms with Gasteiger partial charge in [-0.1, -0.05) is 90.1 Å². The second-order valence-corrected chi connectivity index (χ2v) is 17.6. The van der Waals surface area contributed by atoms with Crippen molar-refractivity contribution in [2.75, 3.05) is 20.9 Å². The molecule has 0 bridgehead atoms. The van der Waals surface area contributed by atoms with Crippen LogP contribution in [0.4, 0.5) is 0 Å². The Bertz CT molecular complexity index is 2040. The van der Waals surface area contributed by atoms with Crippen LogP contribution in [0.3, 0.4) is 0 Å². The lowest BCUT2D eigenvalue weighted by Crippen LogP contribution is -2.61. The first kappa shape index (κ1) is 50.6. The summed E-state index contributed by atoms with van der Waals surface area (Å²) < 4.78 is 24.0. The smallest absolute Gasteiger partial charge is 0.325 e. The van der Waals surface area contributed by atoms with Gasteiger partial charge in [0.15, 0.2) is 19.0 Å². The second-order valence-electron chi connectivity index (χ2n) is 16.0. The van der Waals surface area contributed by atoms with Crippen molar-refractivity contribution >= 4 is 52.3 Å². The average Bonchev–Trinajstić information content (AvgIpc) is 4.02. The van der Waals surface area contributed by atoms with Crippen LogP contribution in [0, 0.1) is 17.8 Å². The van der Waals surface area contributed by atoms with Crippen LogP contribution >= 0.6 is 22.7 Å². The van der Waals surface area contributed by atoms with Gasteiger partial charge in [-0.3, -0.25) is 24.0 Å². The molecule has 0 aliphatic rings. The van der Waals surface area contributed by atoms with Crippen LogP contribution < -0.4 is 27.0 Å². The molecule has 0 saturated carbocycles. The third-order valence-corrected chi connectivity index (χ3v) is 11.7. The summed E-state index contributed by atoms with van der Waals surface area (Å²) in [6.45, 7) is 9.21. The van der Waals surface area contributed by atoms with E-state index < -0.39 is 90.8 Å². The Morgan fingerprint density at radius 1 is 0.587 bits per heavy atom. The minimum absolute atomic E-state index is 0.195. The molecule has 4 amide bonds. The maximum Gasteiger partial charge on any atom is 0.325 e. The number of carbonyl (C=O) groups excluding carboxylic acids is 5. The first-order chi connectivity index (χ1) is 30.1. The van der Waals surface area contributed by atoms with E-state index in [1.165, 1.54) is 14.1 Å². The standard InChI is InChI=1S/C46H61N5O10S2/c1-26(2)35(47)46(57)61-25-60-39(41(45(56)51-37(28(5)6)43(54)49-8)59-22-30-11-15-32(16-12-30)34-18-20-63-24-34)38(52)40(44(55)50-36(27(3)4)42(53)48-7)58-21-29-9-13-31(14-10-29)33-17-19-62-23-33/h9-20,23-24,26-28,35-41,52H,21-22,25,47H2,1-8H3,(H,48,53)(H,49,54)(H,50,55)(H,51,56)/t35-,36-,37-,38+,39+,40+,41+/m0/s1. The number of esters is 1. The highest BCUT2D eigenvalue weighted by Crippen LogP contribution is 2.26. The molecule has 2 aromatic carbocycles. The van der Waals surface area contributed by atoms with Crippen LogP contribution in [0.2, 0.25) is 0 Å². The number of rotatable bonds is 24. The summed E-state index contributed by atoms with van der Waals surface area (Å²) in [4.78, 5) is 67.8. The number of aliphatic hydroxyl groups excluding tert-OH is 1. The van der Waals surface area contributed by atoms with Gasteiger partial charge in [-0.25, -0.2) is 0 Å². The molecule has 0 aliphatic carbocycles. The van der Waals surface area contributed by atoms with Crippen molar-refractivity contribution in [3.63, 3.8) is 0 Å². The van der Waals surface area contributed by atoms with Crippen LogP contribution in [0.1, 0.15) is 52.7 Å². The molecule has 0 radical (unpaired) electrons. The Hall–Kier alpha value is -5.01. The molecule has 4 rings (SSSR count). The van der Waals surface area contributed by atoms with Crippen molar-refractivity contribution in [1.29, 1.82) is 0 Å². The molecule has 0 aliphatic heterocycles. The van der Waals surface area contributed by atoms with E-state index in [4.69, 9.17) is 24.7 Å². The van der Waals surface area contributed by atoms with Gasteiger partial charge in [-0.15, -0.1) is 0 Å². The molecule has 63 heavy (non-hydrogen) atoms. The fraction of sp³-hybridized carbons (Fsp3) is 0.457. The Kier molecular flexibility index (Phi) is 19.9. The lowest BCUT2D eigenvalue weighted by molar-refractivity contribution is -0.204. The van der Waals surface area contributed by atoms with Gasteiger partial charge in [-0.2, -0.15) is 22.7 Å². The molecule has 342 valence electrons. The molecule has 17 heteroatoms. The molecule has 7 atom stereocenters. The van der Waals surface area contributed by atoms with Gasteiger partial charge in [0, 0.05) is 14.1 Å². The fourth-order valence-electron chi connectivity index (χ4n) is 6.39. The van der Waals surface area contributed by atoms with E-state index in [1.807, 2.05) is 82.2 Å². The molecular weight excluding hydrogens is 847 g/mol. The normalized spacial score (nSPS) is 14.9. The number of benzene rings is 2. The fourth-order valence-corrected chi connectivity index (χ4v) is 7.72. The molecule has 0 spiro atoms. The molecule has 0 saturated heterocycles. The van der Waals surface area contributed by atoms with Gasteiger partial charge >= 0.3 is 5.97 Å². The summed E-state index contributed by atoms with van der Waals surface area (Å²) in [5, 5.41) is 30.9. The number of hydrogen-bond acceptors (Lipinski definition) is 13. The molecule has 4 aromatic rings. The van der Waals surface area contributed by atoms with Crippen molar-refractivity contribution < 1.29 is 48.0 Å². The predicted molar refractivity (Wildman–Crippen MR) is 243 cm³/mol. The number of nitrogens with one attached hydrogen (secondary N) is 4. The number of ether oxygens (including phenoxy) is 4. The topological polar surface area (TPSA) is 217 Å². The zero-order valence-electron chi connectivity index (χ0n) is 37.0. The minimum atomic E-state index is -2.03. The second kappa shape index (κ2) is 24.7. The van der Waals surface area contributed by atoms with E-state index in [1.54, 1.807) is 64.2 Å². The monoisotopic (exact) mass is 907 g/mol. The van der Waals surface area contributed by atoms with Crippen molar-refractivity contribution in [2.45, 2.75) is 97.3 Å². The lowest BCUT2D eigenvalue weighted by atomic mass is 9.97. The number of nitrogens with two attached hydrogens (primary N) is 1. The summed E-state index contributed by atoms with van der Waals surface area (Å²) >= 11 is 3.13. The third-order valence-electron chi connectivity index (χ3n) is 10.4. The highest BCUT2D eigenvalue weighted by molar-refractivity contribution is 7.08. The summed E-state index contributed by atoms with van der Waals surface area (Å²) in [5.74, 6) is -4.65. The SMILES string of the molecule is CNC(=O)[C@@H](NC(=O)[C@H](OCc1ccc(-c2ccsc2)cc1)[C@H](O)[C@@H](OCOC(=O)[C@@H](N)C(C)C)[C@@H](OCc1ccc(-c2ccsc2)cc1)C(=O)N[C@H](C(=O)NC)C(C)C)C(C)C. The Balaban J connectivity index is 1.77. The number of aliphatic hydroxyl groups is 1. The van der Waals surface area contributed by atoms with Crippen molar-refractivity contribution in [3.8, 4) is 22.3 Å². The molecular formula is C46H61N5O10S2. The molecule has 0 unspecified atom stereocenters. The summed E-state index contributed by atoms with van der Waals surface area (Å²) in [6, 6.07) is 15.7. The quantitative estimate of drug-likeness (QED) is 0.0422. The van der Waals surface area contributed by atoms with E-state index in [-0.39, 0.29) is 19.1 Å². The molecule has 15 nitrogen and oxygen atoms in total. The number of amides is 4. The van der Waals surface area contributed by atoms with Gasteiger partial charge in [0.1, 0.15) is 30.3 Å². The van der Waals surface area contributed by atoms with Gasteiger partial charge in [0.05, 0.1) is 13.2 Å². The van der Waals surface area contributed by atoms with E-state index in [0.717, 1.165) is 22.3 Å². The van der Waals surface area contributed by atoms with Crippen molar-refractivity contribution in [2.24, 2.45) is 23.5 Å². The van der Waals surface area contributed by atoms with E-state index >= 15 is 0 Å². The highest BCUT2D eigenvalue weighted by Gasteiger charge is 2.45. The first-order valence-corrected chi connectivity index (χ1v) is 22.7. The predicted octanol–water partition coefficient (Wildman–Crippen LogP) is 4.62. The van der Waals surface area contributed by atoms with Gasteiger partial charge in [0.2, 0.25) is 11.8 Å². The van der Waals surface area contributed by atoms with Gasteiger partial charge < -0.3 is 51.1 Å². The third kappa shape index (κ3) is 14.5. The van der Waals surface area contributed by atoms with E-state index in [9.17, 15) is 29.1 Å². The molecule has 7 N–H and O–H groups in total. The molecule has 2 heterocycles. The first-order valence-electron chi connectivity index (χ1n) is 20.8. The van der Waals surface area contributed by atoms with Crippen LogP contribution in [-0.2, 0) is 56.1 Å². The van der Waals surface area contributed by atoms with Gasteiger partial charge in [0.25, 0.3) is 11.8 Å². The Labute approximate surface area is 377 Å². The van der Waals surface area contributed by atoms with Crippen LogP contribution in [0.15, 0.2) is 82.2 Å². The average molecular weight is 908 g/mol. The van der Waals surface area contributed by atoms with Gasteiger partial charge in [-0.05, 0) is 84.8 Å². The summed E-state index contributed by atoms with van der Waals surface area (Å²) in [7, 11) is 2.87. The lowest BCUT2D eigenvalue weighted by Gasteiger charge is -2.35. The summed E-state index contributed by atoms with van der Waals surface area (Å²) in [5.41, 5.74) is 11.3. The number of thiophene rings is 2. The maximum absolute atomic E-state index is 14.5. The highest BCUT2D eigenvalue weighted by atomic mass is 32.1. The van der Waals surface area contributed by atoms with E-state index in [2.05, 4.69) is 21.3 Å². The number of carbonyl (C=O) groups is 5. The van der Waals surface area contributed by atoms with Crippen LogP contribution in [-0.4, -0.2) is 98.1 Å². The van der Waals surface area contributed by atoms with Crippen LogP contribution in [0.5, 0.6) is 0 Å². The molecule has 2 aromatic heterocycles.